The number of fused-ring (bicyclic) bond motifs is 1. The fraction of sp³-hybridized carbons (Fsp3) is 0.263. The van der Waals surface area contributed by atoms with Gasteiger partial charge in [-0.25, -0.2) is 4.68 Å². The average molecular weight is 320 g/mol. The minimum atomic E-state index is 0.101. The van der Waals surface area contributed by atoms with E-state index in [1.54, 1.807) is 0 Å². The molecule has 0 radical (unpaired) electrons. The number of hydrogen-bond acceptors (Lipinski definition) is 3. The molecule has 0 bridgehead atoms. The normalized spacial score (nSPS) is 15.0. The van der Waals surface area contributed by atoms with E-state index in [0.717, 1.165) is 54.0 Å². The van der Waals surface area contributed by atoms with Crippen LogP contribution in [0.4, 0.5) is 0 Å². The third-order valence-electron chi connectivity index (χ3n) is 4.54. The van der Waals surface area contributed by atoms with Gasteiger partial charge in [0.1, 0.15) is 0 Å². The Hall–Kier alpha value is -2.66. The molecule has 1 fully saturated rings. The summed E-state index contributed by atoms with van der Waals surface area (Å²) < 4.78 is 1.93. The first-order valence-electron chi connectivity index (χ1n) is 8.29. The molecule has 0 spiro atoms. The summed E-state index contributed by atoms with van der Waals surface area (Å²) in [5.74, 6) is 0.101. The molecular formula is C19H20N4O. The van der Waals surface area contributed by atoms with E-state index in [4.69, 9.17) is 0 Å². The van der Waals surface area contributed by atoms with Crippen LogP contribution in [0.25, 0.3) is 16.6 Å². The number of hydrogen-bond donors (Lipinski definition) is 1. The zero-order valence-electron chi connectivity index (χ0n) is 13.7. The highest BCUT2D eigenvalue weighted by Gasteiger charge is 2.18. The molecule has 122 valence electrons. The SMILES string of the molecule is Cc1nn(-c2ccc(C(=O)N3CCNCC3)cc2)c2ccccc12. The Morgan fingerprint density at radius 3 is 2.50 bits per heavy atom. The molecule has 3 aromatic rings. The van der Waals surface area contributed by atoms with Crippen molar-refractivity contribution in [3.63, 3.8) is 0 Å². The standard InChI is InChI=1S/C19H20N4O/c1-14-17-4-2-3-5-18(17)23(21-14)16-8-6-15(7-9-16)19(24)22-12-10-20-11-13-22/h2-9,20H,10-13H2,1H3. The lowest BCUT2D eigenvalue weighted by atomic mass is 10.1. The van der Waals surface area contributed by atoms with E-state index < -0.39 is 0 Å². The van der Waals surface area contributed by atoms with Crippen molar-refractivity contribution in [3.8, 4) is 5.69 Å². The Morgan fingerprint density at radius 2 is 1.75 bits per heavy atom. The van der Waals surface area contributed by atoms with Gasteiger partial charge in [0.05, 0.1) is 16.9 Å². The van der Waals surface area contributed by atoms with Gasteiger partial charge in [0.25, 0.3) is 5.91 Å². The molecule has 5 nitrogen and oxygen atoms in total. The third kappa shape index (κ3) is 2.57. The maximum absolute atomic E-state index is 12.5. The van der Waals surface area contributed by atoms with Gasteiger partial charge in [0.2, 0.25) is 0 Å². The van der Waals surface area contributed by atoms with Crippen LogP contribution in [0, 0.1) is 6.92 Å². The predicted molar refractivity (Wildman–Crippen MR) is 94.6 cm³/mol. The molecule has 1 aliphatic rings. The topological polar surface area (TPSA) is 50.2 Å². The van der Waals surface area contributed by atoms with Gasteiger partial charge in [-0.2, -0.15) is 5.10 Å². The second kappa shape index (κ2) is 6.09. The van der Waals surface area contributed by atoms with E-state index in [1.807, 2.05) is 52.9 Å². The van der Waals surface area contributed by atoms with Gasteiger partial charge in [0.15, 0.2) is 0 Å². The summed E-state index contributed by atoms with van der Waals surface area (Å²) in [6, 6.07) is 15.9. The molecule has 1 aromatic heterocycles. The minimum Gasteiger partial charge on any atom is -0.336 e. The number of rotatable bonds is 2. The van der Waals surface area contributed by atoms with Crippen LogP contribution in [0.5, 0.6) is 0 Å². The summed E-state index contributed by atoms with van der Waals surface area (Å²) in [4.78, 5) is 14.4. The van der Waals surface area contributed by atoms with E-state index >= 15 is 0 Å². The highest BCUT2D eigenvalue weighted by Crippen LogP contribution is 2.21. The molecule has 24 heavy (non-hydrogen) atoms. The van der Waals surface area contributed by atoms with Crippen LogP contribution in [-0.4, -0.2) is 46.8 Å². The third-order valence-corrected chi connectivity index (χ3v) is 4.54. The van der Waals surface area contributed by atoms with Gasteiger partial charge in [-0.05, 0) is 37.3 Å². The van der Waals surface area contributed by atoms with Gasteiger partial charge in [-0.1, -0.05) is 18.2 Å². The van der Waals surface area contributed by atoms with Crippen LogP contribution in [-0.2, 0) is 0 Å². The van der Waals surface area contributed by atoms with Gasteiger partial charge in [0, 0.05) is 37.1 Å². The molecule has 0 atom stereocenters. The zero-order valence-corrected chi connectivity index (χ0v) is 13.7. The molecule has 1 amide bonds. The van der Waals surface area contributed by atoms with Crippen molar-refractivity contribution >= 4 is 16.8 Å². The molecule has 1 aliphatic heterocycles. The maximum atomic E-state index is 12.5. The first kappa shape index (κ1) is 14.9. The number of carbonyl (C=O) groups excluding carboxylic acids is 1. The van der Waals surface area contributed by atoms with Crippen molar-refractivity contribution in [2.75, 3.05) is 26.2 Å². The van der Waals surface area contributed by atoms with Crippen LogP contribution in [0.1, 0.15) is 16.1 Å². The van der Waals surface area contributed by atoms with Gasteiger partial charge in [-0.3, -0.25) is 4.79 Å². The highest BCUT2D eigenvalue weighted by atomic mass is 16.2. The molecule has 5 heteroatoms. The number of para-hydroxylation sites is 1. The molecule has 4 rings (SSSR count). The molecule has 1 N–H and O–H groups in total. The lowest BCUT2D eigenvalue weighted by molar-refractivity contribution is 0.0736. The van der Waals surface area contributed by atoms with Crippen LogP contribution in [0.3, 0.4) is 0 Å². The zero-order chi connectivity index (χ0) is 16.5. The number of amides is 1. The van der Waals surface area contributed by atoms with Gasteiger partial charge in [-0.15, -0.1) is 0 Å². The molecule has 0 aliphatic carbocycles. The largest absolute Gasteiger partial charge is 0.336 e. The Kier molecular flexibility index (Phi) is 3.78. The first-order valence-corrected chi connectivity index (χ1v) is 8.29. The maximum Gasteiger partial charge on any atom is 0.253 e. The van der Waals surface area contributed by atoms with Crippen molar-refractivity contribution in [2.45, 2.75) is 6.92 Å². The number of piperazine rings is 1. The van der Waals surface area contributed by atoms with Crippen LogP contribution < -0.4 is 5.32 Å². The second-order valence-electron chi connectivity index (χ2n) is 6.10. The number of carbonyl (C=O) groups is 1. The number of benzene rings is 2. The fourth-order valence-corrected chi connectivity index (χ4v) is 3.21. The molecule has 2 aromatic carbocycles. The van der Waals surface area contributed by atoms with E-state index in [9.17, 15) is 4.79 Å². The summed E-state index contributed by atoms with van der Waals surface area (Å²) in [5, 5.41) is 9.05. The highest BCUT2D eigenvalue weighted by molar-refractivity contribution is 5.94. The van der Waals surface area contributed by atoms with E-state index in [1.165, 1.54) is 0 Å². The van der Waals surface area contributed by atoms with Crippen molar-refractivity contribution in [1.82, 2.24) is 20.0 Å². The first-order chi connectivity index (χ1) is 11.7. The van der Waals surface area contributed by atoms with Crippen LogP contribution in [0.15, 0.2) is 48.5 Å². The fourth-order valence-electron chi connectivity index (χ4n) is 3.21. The molecule has 2 heterocycles. The molecule has 1 saturated heterocycles. The van der Waals surface area contributed by atoms with E-state index in [2.05, 4.69) is 22.5 Å². The summed E-state index contributed by atoms with van der Waals surface area (Å²) in [6.45, 7) is 5.28. The Bertz CT molecular complexity index is 876. The Morgan fingerprint density at radius 1 is 1.04 bits per heavy atom. The van der Waals surface area contributed by atoms with Crippen molar-refractivity contribution in [3.05, 3.63) is 59.8 Å². The average Bonchev–Trinajstić information content (AvgIpc) is 2.99. The van der Waals surface area contributed by atoms with Crippen molar-refractivity contribution in [2.24, 2.45) is 0 Å². The lowest BCUT2D eigenvalue weighted by Gasteiger charge is -2.27. The summed E-state index contributed by atoms with van der Waals surface area (Å²) >= 11 is 0. The summed E-state index contributed by atoms with van der Waals surface area (Å²) in [7, 11) is 0. The Labute approximate surface area is 140 Å². The van der Waals surface area contributed by atoms with Gasteiger partial charge >= 0.3 is 0 Å². The second-order valence-corrected chi connectivity index (χ2v) is 6.10. The summed E-state index contributed by atoms with van der Waals surface area (Å²) in [5.41, 5.74) is 3.78. The quantitative estimate of drug-likeness (QED) is 0.789. The minimum absolute atomic E-state index is 0.101. The van der Waals surface area contributed by atoms with Crippen LogP contribution in [0.2, 0.25) is 0 Å². The monoisotopic (exact) mass is 320 g/mol. The number of aromatic nitrogens is 2. The van der Waals surface area contributed by atoms with Gasteiger partial charge < -0.3 is 10.2 Å². The summed E-state index contributed by atoms with van der Waals surface area (Å²) in [6.07, 6.45) is 0. The number of aryl methyl sites for hydroxylation is 1. The lowest BCUT2D eigenvalue weighted by Crippen LogP contribution is -2.46. The Balaban J connectivity index is 1.64. The molecule has 0 saturated carbocycles. The smallest absolute Gasteiger partial charge is 0.253 e. The predicted octanol–water partition coefficient (Wildman–Crippen LogP) is 2.38. The van der Waals surface area contributed by atoms with E-state index in [-0.39, 0.29) is 5.91 Å². The van der Waals surface area contributed by atoms with Crippen molar-refractivity contribution < 1.29 is 4.79 Å². The van der Waals surface area contributed by atoms with E-state index in [0.29, 0.717) is 0 Å². The number of nitrogens with zero attached hydrogens (tertiary/aromatic N) is 3. The number of nitrogens with one attached hydrogen (secondary N) is 1. The molecular weight excluding hydrogens is 300 g/mol. The van der Waals surface area contributed by atoms with Crippen molar-refractivity contribution in [1.29, 1.82) is 0 Å². The van der Waals surface area contributed by atoms with Crippen LogP contribution >= 0.6 is 0 Å². The molecule has 0 unspecified atom stereocenters.